The number of hydrogen-bond donors (Lipinski definition) is 1. The van der Waals surface area contributed by atoms with Crippen molar-refractivity contribution >= 4 is 5.91 Å². The lowest BCUT2D eigenvalue weighted by Crippen LogP contribution is -2.24. The zero-order chi connectivity index (χ0) is 8.31. The Kier molecular flexibility index (Phi) is 2.87. The van der Waals surface area contributed by atoms with E-state index in [1.165, 1.54) is 0 Å². The molecule has 0 aromatic carbocycles. The second-order valence-corrected chi connectivity index (χ2v) is 2.53. The second-order valence-electron chi connectivity index (χ2n) is 2.53. The summed E-state index contributed by atoms with van der Waals surface area (Å²) in [6.07, 6.45) is 0. The van der Waals surface area contributed by atoms with Gasteiger partial charge in [-0.05, 0) is 13.8 Å². The van der Waals surface area contributed by atoms with E-state index in [4.69, 9.17) is 5.73 Å². The first-order valence-corrected chi connectivity index (χ1v) is 3.07. The van der Waals surface area contributed by atoms with Gasteiger partial charge < -0.3 is 5.73 Å². The molecule has 0 aliphatic carbocycles. The molecule has 0 atom stereocenters. The number of amides is 1. The Morgan fingerprint density at radius 3 is 1.60 bits per heavy atom. The molecule has 10 heavy (non-hydrogen) atoms. The minimum absolute atomic E-state index is 0.361. The van der Waals surface area contributed by atoms with Gasteiger partial charge in [-0.1, -0.05) is 24.3 Å². The smallest absolute Gasteiger partial charge is 0.228 e. The summed E-state index contributed by atoms with van der Waals surface area (Å²) in [6, 6.07) is 0. The maximum atomic E-state index is 10.7. The molecule has 2 nitrogen and oxygen atoms in total. The van der Waals surface area contributed by atoms with E-state index in [9.17, 15) is 4.79 Å². The molecule has 1 amide bonds. The van der Waals surface area contributed by atoms with E-state index in [-0.39, 0.29) is 11.8 Å². The molecule has 0 bridgehead atoms. The van der Waals surface area contributed by atoms with Crippen LogP contribution in [0, 0.1) is 5.92 Å². The first-order chi connectivity index (χ1) is 4.46. The lowest BCUT2D eigenvalue weighted by atomic mass is 9.95. The highest BCUT2D eigenvalue weighted by atomic mass is 16.1. The fourth-order valence-corrected chi connectivity index (χ4v) is 0.906. The molecular weight excluding hydrogens is 126 g/mol. The monoisotopic (exact) mass is 139 g/mol. The lowest BCUT2D eigenvalue weighted by Gasteiger charge is -2.11. The summed E-state index contributed by atoms with van der Waals surface area (Å²) < 4.78 is 0. The fourth-order valence-electron chi connectivity index (χ4n) is 0.906. The molecule has 56 valence electrons. The van der Waals surface area contributed by atoms with Crippen molar-refractivity contribution in [2.75, 3.05) is 0 Å². The van der Waals surface area contributed by atoms with Gasteiger partial charge in [-0.2, -0.15) is 0 Å². The van der Waals surface area contributed by atoms with Gasteiger partial charge in [0.25, 0.3) is 0 Å². The van der Waals surface area contributed by atoms with Crippen molar-refractivity contribution in [1.29, 1.82) is 0 Å². The largest absolute Gasteiger partial charge is 0.369 e. The molecule has 0 heterocycles. The summed E-state index contributed by atoms with van der Waals surface area (Å²) in [6.45, 7) is 10.8. The number of carbonyl (C=O) groups excluding carboxylic acids is 1. The van der Waals surface area contributed by atoms with Crippen LogP contribution in [0.25, 0.3) is 0 Å². The van der Waals surface area contributed by atoms with E-state index in [1.807, 2.05) is 0 Å². The predicted molar refractivity (Wildman–Crippen MR) is 42.3 cm³/mol. The number of carbonyl (C=O) groups is 1. The Bertz CT molecular complexity index is 148. The predicted octanol–water partition coefficient (Wildman–Crippen LogP) is 1.24. The molecule has 0 saturated carbocycles. The fraction of sp³-hybridized carbons (Fsp3) is 0.375. The summed E-state index contributed by atoms with van der Waals surface area (Å²) in [7, 11) is 0. The average molecular weight is 139 g/mol. The van der Waals surface area contributed by atoms with Crippen LogP contribution in [0.15, 0.2) is 24.3 Å². The first-order valence-electron chi connectivity index (χ1n) is 3.07. The summed E-state index contributed by atoms with van der Waals surface area (Å²) in [5.74, 6) is -0.736. The van der Waals surface area contributed by atoms with Gasteiger partial charge in [0.15, 0.2) is 0 Å². The summed E-state index contributed by atoms with van der Waals surface area (Å²) in [5.41, 5.74) is 6.58. The number of hydrogen-bond acceptors (Lipinski definition) is 1. The van der Waals surface area contributed by atoms with E-state index in [0.29, 0.717) is 0 Å². The Morgan fingerprint density at radius 2 is 1.60 bits per heavy atom. The molecule has 0 saturated heterocycles. The van der Waals surface area contributed by atoms with Crippen molar-refractivity contribution in [3.63, 3.8) is 0 Å². The quantitative estimate of drug-likeness (QED) is 0.587. The minimum atomic E-state index is -0.375. The molecule has 0 fully saturated rings. The van der Waals surface area contributed by atoms with E-state index in [2.05, 4.69) is 13.2 Å². The van der Waals surface area contributed by atoms with Crippen molar-refractivity contribution in [2.24, 2.45) is 11.7 Å². The van der Waals surface area contributed by atoms with Crippen molar-refractivity contribution < 1.29 is 4.79 Å². The molecule has 0 aromatic heterocycles. The molecule has 0 aromatic rings. The van der Waals surface area contributed by atoms with Crippen LogP contribution in [-0.4, -0.2) is 5.91 Å². The molecule has 0 spiro atoms. The van der Waals surface area contributed by atoms with Crippen molar-refractivity contribution in [1.82, 2.24) is 0 Å². The number of rotatable bonds is 3. The molecule has 2 N–H and O–H groups in total. The van der Waals surface area contributed by atoms with Crippen molar-refractivity contribution in [2.45, 2.75) is 13.8 Å². The van der Waals surface area contributed by atoms with Gasteiger partial charge >= 0.3 is 0 Å². The molecule has 0 unspecified atom stereocenters. The number of primary amides is 1. The SMILES string of the molecule is C=C(C)C(C(=C)C)C(N)=O. The Labute approximate surface area is 61.4 Å². The van der Waals surface area contributed by atoms with Gasteiger partial charge in [-0.3, -0.25) is 4.79 Å². The zero-order valence-electron chi connectivity index (χ0n) is 6.48. The van der Waals surface area contributed by atoms with Crippen LogP contribution >= 0.6 is 0 Å². The van der Waals surface area contributed by atoms with Crippen LogP contribution < -0.4 is 5.73 Å². The Balaban J connectivity index is 4.43. The van der Waals surface area contributed by atoms with Crippen LogP contribution in [0.3, 0.4) is 0 Å². The Hall–Kier alpha value is -1.05. The first kappa shape index (κ1) is 8.95. The van der Waals surface area contributed by atoms with Crippen LogP contribution in [0.4, 0.5) is 0 Å². The van der Waals surface area contributed by atoms with Gasteiger partial charge in [-0.15, -0.1) is 0 Å². The lowest BCUT2D eigenvalue weighted by molar-refractivity contribution is -0.119. The highest BCUT2D eigenvalue weighted by Gasteiger charge is 2.15. The Morgan fingerprint density at radius 1 is 1.30 bits per heavy atom. The summed E-state index contributed by atoms with van der Waals surface area (Å²) in [4.78, 5) is 10.7. The molecule has 2 heteroatoms. The molecule has 0 aliphatic heterocycles. The van der Waals surface area contributed by atoms with Gasteiger partial charge in [-0.25, -0.2) is 0 Å². The van der Waals surface area contributed by atoms with Crippen LogP contribution in [0.2, 0.25) is 0 Å². The maximum Gasteiger partial charge on any atom is 0.228 e. The third-order valence-corrected chi connectivity index (χ3v) is 1.27. The van der Waals surface area contributed by atoms with E-state index in [0.717, 1.165) is 11.1 Å². The number of nitrogens with two attached hydrogens (primary N) is 1. The molecule has 0 rings (SSSR count). The topological polar surface area (TPSA) is 43.1 Å². The third-order valence-electron chi connectivity index (χ3n) is 1.27. The van der Waals surface area contributed by atoms with Crippen LogP contribution in [0.1, 0.15) is 13.8 Å². The van der Waals surface area contributed by atoms with Crippen molar-refractivity contribution in [3.8, 4) is 0 Å². The molecular formula is C8H13NO. The van der Waals surface area contributed by atoms with Gasteiger partial charge in [0.1, 0.15) is 0 Å². The highest BCUT2D eigenvalue weighted by Crippen LogP contribution is 2.15. The van der Waals surface area contributed by atoms with Gasteiger partial charge in [0, 0.05) is 0 Å². The van der Waals surface area contributed by atoms with Gasteiger partial charge in [0.2, 0.25) is 5.91 Å². The third kappa shape index (κ3) is 2.05. The standard InChI is InChI=1S/C8H13NO/c1-5(2)7(6(3)4)8(9)10/h7H,1,3H2,2,4H3,(H2,9,10). The average Bonchev–Trinajstić information content (AvgIpc) is 1.59. The van der Waals surface area contributed by atoms with Crippen molar-refractivity contribution in [3.05, 3.63) is 24.3 Å². The van der Waals surface area contributed by atoms with Crippen LogP contribution in [-0.2, 0) is 4.79 Å². The van der Waals surface area contributed by atoms with E-state index < -0.39 is 0 Å². The molecule has 0 radical (unpaired) electrons. The van der Waals surface area contributed by atoms with Gasteiger partial charge in [0.05, 0.1) is 5.92 Å². The minimum Gasteiger partial charge on any atom is -0.369 e. The van der Waals surface area contributed by atoms with E-state index >= 15 is 0 Å². The zero-order valence-corrected chi connectivity index (χ0v) is 6.48. The van der Waals surface area contributed by atoms with E-state index in [1.54, 1.807) is 13.8 Å². The highest BCUT2D eigenvalue weighted by molar-refractivity contribution is 5.82. The summed E-state index contributed by atoms with van der Waals surface area (Å²) in [5, 5.41) is 0. The molecule has 0 aliphatic rings. The normalized spacial score (nSPS) is 9.50. The summed E-state index contributed by atoms with van der Waals surface area (Å²) >= 11 is 0. The maximum absolute atomic E-state index is 10.7. The van der Waals surface area contributed by atoms with Crippen LogP contribution in [0.5, 0.6) is 0 Å². The second kappa shape index (κ2) is 3.20.